The van der Waals surface area contributed by atoms with Gasteiger partial charge in [0.25, 0.3) is 5.91 Å². The molecule has 5 nitrogen and oxygen atoms in total. The second-order valence-corrected chi connectivity index (χ2v) is 5.16. The number of amides is 1. The molecule has 0 aliphatic rings. The zero-order valence-corrected chi connectivity index (χ0v) is 13.5. The lowest BCUT2D eigenvalue weighted by Gasteiger charge is -2.09. The molecule has 24 heavy (non-hydrogen) atoms. The van der Waals surface area contributed by atoms with Crippen LogP contribution in [0.25, 0.3) is 0 Å². The summed E-state index contributed by atoms with van der Waals surface area (Å²) < 4.78 is 23.5. The molecule has 0 heterocycles. The maximum atomic E-state index is 13.4. The van der Waals surface area contributed by atoms with E-state index in [0.717, 1.165) is 0 Å². The minimum Gasteiger partial charge on any atom is -0.496 e. The second kappa shape index (κ2) is 8.10. The van der Waals surface area contributed by atoms with Crippen molar-refractivity contribution in [2.75, 3.05) is 19.0 Å². The van der Waals surface area contributed by atoms with Crippen molar-refractivity contribution in [1.29, 1.82) is 0 Å². The van der Waals surface area contributed by atoms with E-state index in [-0.39, 0.29) is 6.42 Å². The lowest BCUT2D eigenvalue weighted by Crippen LogP contribution is -2.21. The SMILES string of the molecule is COc1ccccc1CC(=O)OCC(=O)Nc1ccc(C)c(F)c1. The minimum atomic E-state index is -0.551. The normalized spacial score (nSPS) is 10.1. The molecule has 0 aliphatic carbocycles. The highest BCUT2D eigenvalue weighted by molar-refractivity contribution is 5.92. The molecule has 2 aromatic rings. The highest BCUT2D eigenvalue weighted by Crippen LogP contribution is 2.18. The molecule has 0 saturated heterocycles. The predicted molar refractivity (Wildman–Crippen MR) is 87.4 cm³/mol. The average Bonchev–Trinajstić information content (AvgIpc) is 2.57. The number of carbonyl (C=O) groups excluding carboxylic acids is 2. The molecule has 2 rings (SSSR count). The third-order valence-electron chi connectivity index (χ3n) is 3.35. The summed E-state index contributed by atoms with van der Waals surface area (Å²) in [6.45, 7) is 1.18. The number of halogens is 1. The number of hydrogen-bond acceptors (Lipinski definition) is 4. The Kier molecular flexibility index (Phi) is 5.89. The van der Waals surface area contributed by atoms with Crippen LogP contribution in [0.3, 0.4) is 0 Å². The maximum absolute atomic E-state index is 13.4. The van der Waals surface area contributed by atoms with Gasteiger partial charge in [-0.1, -0.05) is 24.3 Å². The number of aryl methyl sites for hydroxylation is 1. The number of esters is 1. The summed E-state index contributed by atoms with van der Waals surface area (Å²) in [5.74, 6) is -0.925. The summed E-state index contributed by atoms with van der Waals surface area (Å²) in [5, 5.41) is 2.47. The van der Waals surface area contributed by atoms with E-state index in [4.69, 9.17) is 9.47 Å². The number of carbonyl (C=O) groups is 2. The van der Waals surface area contributed by atoms with E-state index in [0.29, 0.717) is 22.6 Å². The molecule has 0 aliphatic heterocycles. The molecule has 0 fully saturated rings. The van der Waals surface area contributed by atoms with Crippen molar-refractivity contribution in [2.45, 2.75) is 13.3 Å². The quantitative estimate of drug-likeness (QED) is 0.827. The maximum Gasteiger partial charge on any atom is 0.310 e. The second-order valence-electron chi connectivity index (χ2n) is 5.16. The van der Waals surface area contributed by atoms with E-state index < -0.39 is 24.3 Å². The average molecular weight is 331 g/mol. The van der Waals surface area contributed by atoms with Crippen LogP contribution in [0, 0.1) is 12.7 Å². The Morgan fingerprint density at radius 1 is 1.17 bits per heavy atom. The van der Waals surface area contributed by atoms with Gasteiger partial charge in [-0.25, -0.2) is 4.39 Å². The van der Waals surface area contributed by atoms with Crippen LogP contribution in [0.4, 0.5) is 10.1 Å². The summed E-state index contributed by atoms with van der Waals surface area (Å²) in [4.78, 5) is 23.6. The van der Waals surface area contributed by atoms with Crippen LogP contribution < -0.4 is 10.1 Å². The third kappa shape index (κ3) is 4.81. The molecule has 1 N–H and O–H groups in total. The first-order chi connectivity index (χ1) is 11.5. The van der Waals surface area contributed by atoms with Gasteiger partial charge < -0.3 is 14.8 Å². The third-order valence-corrected chi connectivity index (χ3v) is 3.35. The highest BCUT2D eigenvalue weighted by Gasteiger charge is 2.12. The van der Waals surface area contributed by atoms with Gasteiger partial charge in [-0.05, 0) is 30.7 Å². The number of methoxy groups -OCH3 is 1. The first-order valence-electron chi connectivity index (χ1n) is 7.33. The number of ether oxygens (including phenoxy) is 2. The number of anilines is 1. The van der Waals surface area contributed by atoms with E-state index in [1.807, 2.05) is 0 Å². The van der Waals surface area contributed by atoms with Crippen molar-refractivity contribution in [3.05, 3.63) is 59.4 Å². The van der Waals surface area contributed by atoms with Gasteiger partial charge in [-0.15, -0.1) is 0 Å². The van der Waals surface area contributed by atoms with Gasteiger partial charge in [-0.3, -0.25) is 9.59 Å². The monoisotopic (exact) mass is 331 g/mol. The largest absolute Gasteiger partial charge is 0.496 e. The smallest absolute Gasteiger partial charge is 0.310 e. The van der Waals surface area contributed by atoms with Gasteiger partial charge in [0.2, 0.25) is 0 Å². The zero-order chi connectivity index (χ0) is 17.5. The Labute approximate surface area is 139 Å². The van der Waals surface area contributed by atoms with Crippen LogP contribution in [0.15, 0.2) is 42.5 Å². The summed E-state index contributed by atoms with van der Waals surface area (Å²) in [6.07, 6.45) is -0.00352. The first-order valence-corrected chi connectivity index (χ1v) is 7.33. The van der Waals surface area contributed by atoms with E-state index in [1.54, 1.807) is 43.3 Å². The molecule has 0 atom stereocenters. The van der Waals surface area contributed by atoms with Crippen molar-refractivity contribution >= 4 is 17.6 Å². The van der Waals surface area contributed by atoms with Crippen LogP contribution in [0.5, 0.6) is 5.75 Å². The first kappa shape index (κ1) is 17.5. The lowest BCUT2D eigenvalue weighted by atomic mass is 10.1. The summed E-state index contributed by atoms with van der Waals surface area (Å²) >= 11 is 0. The zero-order valence-electron chi connectivity index (χ0n) is 13.5. The van der Waals surface area contributed by atoms with Crippen molar-refractivity contribution in [1.82, 2.24) is 0 Å². The van der Waals surface area contributed by atoms with Gasteiger partial charge in [0.15, 0.2) is 6.61 Å². The van der Waals surface area contributed by atoms with E-state index in [1.165, 1.54) is 13.2 Å². The van der Waals surface area contributed by atoms with Crippen LogP contribution in [-0.4, -0.2) is 25.6 Å². The van der Waals surface area contributed by atoms with Gasteiger partial charge >= 0.3 is 5.97 Å². The van der Waals surface area contributed by atoms with Gasteiger partial charge in [0, 0.05) is 11.3 Å². The molecule has 0 aromatic heterocycles. The van der Waals surface area contributed by atoms with Crippen LogP contribution in [-0.2, 0) is 20.7 Å². The fourth-order valence-corrected chi connectivity index (χ4v) is 2.07. The molecule has 1 amide bonds. The van der Waals surface area contributed by atoms with Crippen LogP contribution >= 0.6 is 0 Å². The van der Waals surface area contributed by atoms with Crippen LogP contribution in [0.1, 0.15) is 11.1 Å². The van der Waals surface area contributed by atoms with Crippen LogP contribution in [0.2, 0.25) is 0 Å². The standard InChI is InChI=1S/C18H18FNO4/c1-12-7-8-14(10-15(12)19)20-17(21)11-24-18(22)9-13-5-3-4-6-16(13)23-2/h3-8,10H,9,11H2,1-2H3,(H,20,21). The van der Waals surface area contributed by atoms with Gasteiger partial charge in [-0.2, -0.15) is 0 Å². The predicted octanol–water partition coefficient (Wildman–Crippen LogP) is 2.87. The minimum absolute atomic E-state index is 0.00352. The number of benzene rings is 2. The molecule has 6 heteroatoms. The Hall–Kier alpha value is -2.89. The number of nitrogens with one attached hydrogen (secondary N) is 1. The Balaban J connectivity index is 1.84. The van der Waals surface area contributed by atoms with Crippen molar-refractivity contribution in [2.24, 2.45) is 0 Å². The Morgan fingerprint density at radius 3 is 2.62 bits per heavy atom. The molecule has 0 spiro atoms. The highest BCUT2D eigenvalue weighted by atomic mass is 19.1. The molecule has 0 radical (unpaired) electrons. The van der Waals surface area contributed by atoms with Gasteiger partial charge in [0.1, 0.15) is 11.6 Å². The molecule has 0 saturated carbocycles. The number of hydrogen-bond donors (Lipinski definition) is 1. The number of para-hydroxylation sites is 1. The fraction of sp³-hybridized carbons (Fsp3) is 0.222. The molecular weight excluding hydrogens is 313 g/mol. The van der Waals surface area contributed by atoms with Crippen molar-refractivity contribution in [3.8, 4) is 5.75 Å². The summed E-state index contributed by atoms with van der Waals surface area (Å²) in [6, 6.07) is 11.4. The van der Waals surface area contributed by atoms with E-state index in [9.17, 15) is 14.0 Å². The number of rotatable bonds is 6. The van der Waals surface area contributed by atoms with Gasteiger partial charge in [0.05, 0.1) is 13.5 Å². The Morgan fingerprint density at radius 2 is 1.92 bits per heavy atom. The molecule has 2 aromatic carbocycles. The fourth-order valence-electron chi connectivity index (χ4n) is 2.07. The van der Waals surface area contributed by atoms with E-state index in [2.05, 4.69) is 5.32 Å². The van der Waals surface area contributed by atoms with Crippen molar-refractivity contribution < 1.29 is 23.5 Å². The molecule has 0 bridgehead atoms. The van der Waals surface area contributed by atoms with E-state index >= 15 is 0 Å². The Bertz CT molecular complexity index is 746. The van der Waals surface area contributed by atoms with Crippen molar-refractivity contribution in [3.63, 3.8) is 0 Å². The lowest BCUT2D eigenvalue weighted by molar-refractivity contribution is -0.146. The molecular formula is C18H18FNO4. The summed E-state index contributed by atoms with van der Waals surface area (Å²) in [7, 11) is 1.51. The summed E-state index contributed by atoms with van der Waals surface area (Å²) in [5.41, 5.74) is 1.46. The molecule has 126 valence electrons. The topological polar surface area (TPSA) is 64.6 Å². The molecule has 0 unspecified atom stereocenters.